The zero-order valence-corrected chi connectivity index (χ0v) is 12.4. The van der Waals surface area contributed by atoms with Gasteiger partial charge in [-0.3, -0.25) is 0 Å². The maximum atomic E-state index is 5.89. The van der Waals surface area contributed by atoms with E-state index in [0.717, 1.165) is 11.5 Å². The molecule has 0 saturated heterocycles. The Morgan fingerprint density at radius 3 is 2.20 bits per heavy atom. The van der Waals surface area contributed by atoms with Crippen LogP contribution in [0.15, 0.2) is 60.0 Å². The Balaban J connectivity index is 1.79. The molecule has 0 atom stereocenters. The van der Waals surface area contributed by atoms with Crippen molar-refractivity contribution in [3.8, 4) is 21.9 Å². The van der Waals surface area contributed by atoms with Crippen LogP contribution in [0.4, 0.5) is 0 Å². The van der Waals surface area contributed by atoms with Gasteiger partial charge in [0.15, 0.2) is 0 Å². The van der Waals surface area contributed by atoms with Crippen LogP contribution < -0.4 is 4.74 Å². The minimum absolute atomic E-state index is 0.869. The van der Waals surface area contributed by atoms with Crippen LogP contribution in [0.25, 0.3) is 10.4 Å². The van der Waals surface area contributed by atoms with E-state index >= 15 is 0 Å². The number of hydrogen-bond donors (Lipinski definition) is 0. The van der Waals surface area contributed by atoms with Crippen molar-refractivity contribution in [1.29, 1.82) is 0 Å². The van der Waals surface area contributed by atoms with Gasteiger partial charge in [-0.1, -0.05) is 12.1 Å². The minimum Gasteiger partial charge on any atom is -0.457 e. The first-order chi connectivity index (χ1) is 9.72. The second kappa shape index (κ2) is 5.51. The summed E-state index contributed by atoms with van der Waals surface area (Å²) in [5, 5.41) is 2.09. The lowest BCUT2D eigenvalue weighted by atomic mass is 10.1. The van der Waals surface area contributed by atoms with Crippen molar-refractivity contribution in [1.82, 2.24) is 0 Å². The molecule has 0 aliphatic rings. The predicted octanol–water partition coefficient (Wildman–Crippen LogP) is 5.82. The van der Waals surface area contributed by atoms with Crippen LogP contribution in [0, 0.1) is 13.8 Å². The Morgan fingerprint density at radius 2 is 1.55 bits per heavy atom. The van der Waals surface area contributed by atoms with Gasteiger partial charge in [-0.25, -0.2) is 0 Å². The van der Waals surface area contributed by atoms with Gasteiger partial charge >= 0.3 is 0 Å². The van der Waals surface area contributed by atoms with Gasteiger partial charge in [0.05, 0.1) is 0 Å². The lowest BCUT2D eigenvalue weighted by Crippen LogP contribution is -1.87. The van der Waals surface area contributed by atoms with Crippen LogP contribution in [-0.2, 0) is 0 Å². The summed E-state index contributed by atoms with van der Waals surface area (Å²) in [7, 11) is 0. The zero-order chi connectivity index (χ0) is 13.9. The molecule has 0 amide bonds. The van der Waals surface area contributed by atoms with Crippen molar-refractivity contribution >= 4 is 11.3 Å². The van der Waals surface area contributed by atoms with Gasteiger partial charge in [-0.05, 0) is 78.4 Å². The van der Waals surface area contributed by atoms with E-state index in [-0.39, 0.29) is 0 Å². The highest BCUT2D eigenvalue weighted by Gasteiger charge is 2.02. The molecule has 100 valence electrons. The van der Waals surface area contributed by atoms with Crippen molar-refractivity contribution in [2.24, 2.45) is 0 Å². The standard InChI is InChI=1S/C18H16OS/c1-13-5-8-17(12-14(13)2)19-16-9-6-15(7-10-16)18-4-3-11-20-18/h3-12H,1-2H3. The highest BCUT2D eigenvalue weighted by molar-refractivity contribution is 7.13. The third-order valence-electron chi connectivity index (χ3n) is 3.37. The number of ether oxygens (including phenoxy) is 1. The summed E-state index contributed by atoms with van der Waals surface area (Å²) in [4.78, 5) is 1.28. The first-order valence-corrected chi connectivity index (χ1v) is 7.49. The van der Waals surface area contributed by atoms with Gasteiger partial charge < -0.3 is 4.74 Å². The van der Waals surface area contributed by atoms with E-state index in [1.807, 2.05) is 18.2 Å². The monoisotopic (exact) mass is 280 g/mol. The van der Waals surface area contributed by atoms with Crippen LogP contribution in [0.1, 0.15) is 11.1 Å². The fourth-order valence-corrected chi connectivity index (χ4v) is 2.78. The fraction of sp³-hybridized carbons (Fsp3) is 0.111. The van der Waals surface area contributed by atoms with Crippen LogP contribution in [0.3, 0.4) is 0 Å². The molecule has 1 heterocycles. The number of hydrogen-bond acceptors (Lipinski definition) is 2. The third-order valence-corrected chi connectivity index (χ3v) is 4.29. The molecule has 0 bridgehead atoms. The highest BCUT2D eigenvalue weighted by atomic mass is 32.1. The first-order valence-electron chi connectivity index (χ1n) is 6.61. The SMILES string of the molecule is Cc1ccc(Oc2ccc(-c3cccs3)cc2)cc1C. The predicted molar refractivity (Wildman–Crippen MR) is 85.7 cm³/mol. The van der Waals surface area contributed by atoms with Gasteiger partial charge in [-0.15, -0.1) is 11.3 Å². The number of benzene rings is 2. The molecule has 1 nitrogen and oxygen atoms in total. The van der Waals surface area contributed by atoms with Gasteiger partial charge in [0.1, 0.15) is 11.5 Å². The van der Waals surface area contributed by atoms with Crippen LogP contribution in [0.2, 0.25) is 0 Å². The maximum absolute atomic E-state index is 5.89. The van der Waals surface area contributed by atoms with E-state index in [1.165, 1.54) is 21.6 Å². The molecular weight excluding hydrogens is 264 g/mol. The summed E-state index contributed by atoms with van der Waals surface area (Å²) in [6, 6.07) is 18.6. The van der Waals surface area contributed by atoms with Crippen LogP contribution in [-0.4, -0.2) is 0 Å². The largest absolute Gasteiger partial charge is 0.457 e. The van der Waals surface area contributed by atoms with E-state index in [1.54, 1.807) is 11.3 Å². The highest BCUT2D eigenvalue weighted by Crippen LogP contribution is 2.28. The number of thiophene rings is 1. The second-order valence-electron chi connectivity index (χ2n) is 4.85. The normalized spacial score (nSPS) is 10.5. The molecule has 20 heavy (non-hydrogen) atoms. The topological polar surface area (TPSA) is 9.23 Å². The molecule has 1 aromatic heterocycles. The molecular formula is C18H16OS. The van der Waals surface area contributed by atoms with Crippen LogP contribution in [0.5, 0.6) is 11.5 Å². The zero-order valence-electron chi connectivity index (χ0n) is 11.6. The molecule has 2 aromatic carbocycles. The van der Waals surface area contributed by atoms with Gasteiger partial charge in [0.25, 0.3) is 0 Å². The minimum atomic E-state index is 0.869. The number of rotatable bonds is 3. The van der Waals surface area contributed by atoms with Gasteiger partial charge in [0, 0.05) is 4.88 Å². The smallest absolute Gasteiger partial charge is 0.127 e. The summed E-state index contributed by atoms with van der Waals surface area (Å²) in [6.07, 6.45) is 0. The molecule has 0 unspecified atom stereocenters. The quantitative estimate of drug-likeness (QED) is 0.587. The summed E-state index contributed by atoms with van der Waals surface area (Å²) in [5.41, 5.74) is 3.76. The van der Waals surface area contributed by atoms with E-state index in [0.29, 0.717) is 0 Å². The molecule has 0 fully saturated rings. The molecule has 0 saturated carbocycles. The van der Waals surface area contributed by atoms with Crippen molar-refractivity contribution in [2.45, 2.75) is 13.8 Å². The molecule has 3 rings (SSSR count). The first kappa shape index (κ1) is 12.9. The molecule has 0 radical (unpaired) electrons. The van der Waals surface area contributed by atoms with Crippen LogP contribution >= 0.6 is 11.3 Å². The Morgan fingerprint density at radius 1 is 0.800 bits per heavy atom. The van der Waals surface area contributed by atoms with E-state index < -0.39 is 0 Å². The Hall–Kier alpha value is -2.06. The maximum Gasteiger partial charge on any atom is 0.127 e. The Bertz CT molecular complexity index is 697. The average molecular weight is 280 g/mol. The van der Waals surface area contributed by atoms with E-state index in [2.05, 4.69) is 55.6 Å². The molecule has 3 aromatic rings. The second-order valence-corrected chi connectivity index (χ2v) is 5.80. The summed E-state index contributed by atoms with van der Waals surface area (Å²) in [6.45, 7) is 4.21. The van der Waals surface area contributed by atoms with E-state index in [4.69, 9.17) is 4.74 Å². The Labute approximate surface area is 123 Å². The van der Waals surface area contributed by atoms with E-state index in [9.17, 15) is 0 Å². The fourth-order valence-electron chi connectivity index (χ4n) is 2.04. The van der Waals surface area contributed by atoms with Gasteiger partial charge in [0.2, 0.25) is 0 Å². The summed E-state index contributed by atoms with van der Waals surface area (Å²) in [5.74, 6) is 1.76. The number of aryl methyl sites for hydroxylation is 2. The lowest BCUT2D eigenvalue weighted by molar-refractivity contribution is 0.482. The molecule has 0 aliphatic heterocycles. The molecule has 2 heteroatoms. The Kier molecular flexibility index (Phi) is 3.57. The lowest BCUT2D eigenvalue weighted by Gasteiger charge is -2.08. The van der Waals surface area contributed by atoms with Crippen molar-refractivity contribution < 1.29 is 4.74 Å². The van der Waals surface area contributed by atoms with Crippen molar-refractivity contribution in [2.75, 3.05) is 0 Å². The molecule has 0 N–H and O–H groups in total. The summed E-state index contributed by atoms with van der Waals surface area (Å²) >= 11 is 1.75. The third kappa shape index (κ3) is 2.75. The summed E-state index contributed by atoms with van der Waals surface area (Å²) < 4.78 is 5.89. The van der Waals surface area contributed by atoms with Gasteiger partial charge in [-0.2, -0.15) is 0 Å². The average Bonchev–Trinajstić information content (AvgIpc) is 2.98. The molecule has 0 spiro atoms. The van der Waals surface area contributed by atoms with Crippen molar-refractivity contribution in [3.63, 3.8) is 0 Å². The van der Waals surface area contributed by atoms with Crippen molar-refractivity contribution in [3.05, 3.63) is 71.1 Å². The molecule has 0 aliphatic carbocycles.